The Labute approximate surface area is 130 Å². The predicted molar refractivity (Wildman–Crippen MR) is 88.9 cm³/mol. The molecule has 0 amide bonds. The Hall–Kier alpha value is -2.50. The van der Waals surface area contributed by atoms with Crippen LogP contribution in [0.25, 0.3) is 0 Å². The molecule has 3 rings (SSSR count). The number of phenolic OH excluding ortho intramolecular Hbond substituents is 1. The lowest BCUT2D eigenvalue weighted by molar-refractivity contribution is 0.472. The Balaban J connectivity index is 1.69. The van der Waals surface area contributed by atoms with Crippen molar-refractivity contribution < 1.29 is 5.11 Å². The monoisotopic (exact) mass is 299 g/mol. The summed E-state index contributed by atoms with van der Waals surface area (Å²) in [6, 6.07) is 9.38. The minimum absolute atomic E-state index is 0.335. The van der Waals surface area contributed by atoms with Gasteiger partial charge in [-0.05, 0) is 18.2 Å². The van der Waals surface area contributed by atoms with Gasteiger partial charge in [0.2, 0.25) is 5.95 Å². The van der Waals surface area contributed by atoms with E-state index >= 15 is 0 Å². The van der Waals surface area contributed by atoms with E-state index in [1.165, 1.54) is 0 Å². The molecule has 1 saturated heterocycles. The molecule has 0 aliphatic carbocycles. The minimum atomic E-state index is 0.335. The molecule has 6 heteroatoms. The second kappa shape index (κ2) is 6.09. The third-order valence-corrected chi connectivity index (χ3v) is 3.87. The van der Waals surface area contributed by atoms with Gasteiger partial charge in [-0.2, -0.15) is 4.98 Å². The van der Waals surface area contributed by atoms with Crippen LogP contribution in [0.3, 0.4) is 0 Å². The number of aromatic hydroxyl groups is 1. The fourth-order valence-electron chi connectivity index (χ4n) is 2.62. The van der Waals surface area contributed by atoms with Gasteiger partial charge in [-0.3, -0.25) is 0 Å². The Morgan fingerprint density at radius 2 is 1.68 bits per heavy atom. The van der Waals surface area contributed by atoms with Crippen molar-refractivity contribution in [3.05, 3.63) is 36.5 Å². The highest BCUT2D eigenvalue weighted by atomic mass is 16.3. The Morgan fingerprint density at radius 3 is 2.36 bits per heavy atom. The highest BCUT2D eigenvalue weighted by Crippen LogP contribution is 2.27. The molecule has 0 saturated carbocycles. The van der Waals surface area contributed by atoms with Crippen molar-refractivity contribution in [2.45, 2.75) is 0 Å². The van der Waals surface area contributed by atoms with Crippen LogP contribution in [0.15, 0.2) is 36.5 Å². The first kappa shape index (κ1) is 14.4. The van der Waals surface area contributed by atoms with E-state index in [9.17, 15) is 5.11 Å². The summed E-state index contributed by atoms with van der Waals surface area (Å²) in [6.07, 6.45) is 1.80. The summed E-state index contributed by atoms with van der Waals surface area (Å²) in [6.45, 7) is 3.36. The van der Waals surface area contributed by atoms with Gasteiger partial charge in [0, 0.05) is 46.5 Å². The van der Waals surface area contributed by atoms with Gasteiger partial charge in [0.1, 0.15) is 11.6 Å². The highest BCUT2D eigenvalue weighted by molar-refractivity contribution is 5.58. The van der Waals surface area contributed by atoms with Gasteiger partial charge in [-0.15, -0.1) is 0 Å². The smallest absolute Gasteiger partial charge is 0.227 e. The van der Waals surface area contributed by atoms with Crippen molar-refractivity contribution in [3.63, 3.8) is 0 Å². The minimum Gasteiger partial charge on any atom is -0.506 e. The Kier molecular flexibility index (Phi) is 4.00. The van der Waals surface area contributed by atoms with Crippen LogP contribution in [-0.4, -0.2) is 55.3 Å². The zero-order valence-corrected chi connectivity index (χ0v) is 13.0. The number of anilines is 3. The normalized spacial score (nSPS) is 15.0. The lowest BCUT2D eigenvalue weighted by atomic mass is 10.2. The van der Waals surface area contributed by atoms with E-state index in [0.29, 0.717) is 5.75 Å². The summed E-state index contributed by atoms with van der Waals surface area (Å²) >= 11 is 0. The molecule has 1 aliphatic rings. The maximum Gasteiger partial charge on any atom is 0.227 e. The molecule has 1 N–H and O–H groups in total. The largest absolute Gasteiger partial charge is 0.506 e. The van der Waals surface area contributed by atoms with Crippen molar-refractivity contribution in [2.75, 3.05) is 55.0 Å². The molecule has 22 heavy (non-hydrogen) atoms. The average molecular weight is 299 g/mol. The molecule has 0 spiro atoms. The Morgan fingerprint density at radius 1 is 1.00 bits per heavy atom. The number of rotatable bonds is 3. The van der Waals surface area contributed by atoms with Crippen LogP contribution in [0.5, 0.6) is 5.75 Å². The number of aromatic nitrogens is 2. The second-order valence-electron chi connectivity index (χ2n) is 5.57. The molecule has 2 heterocycles. The molecule has 2 aromatic rings. The SMILES string of the molecule is CN(C)c1ccnc(N2CCN(c3ccccc3O)CC2)n1. The van der Waals surface area contributed by atoms with E-state index < -0.39 is 0 Å². The molecule has 0 bridgehead atoms. The van der Waals surface area contributed by atoms with Crippen LogP contribution < -0.4 is 14.7 Å². The highest BCUT2D eigenvalue weighted by Gasteiger charge is 2.21. The van der Waals surface area contributed by atoms with Crippen LogP contribution >= 0.6 is 0 Å². The molecule has 1 aromatic heterocycles. The first-order valence-electron chi connectivity index (χ1n) is 7.43. The van der Waals surface area contributed by atoms with Gasteiger partial charge in [-0.1, -0.05) is 12.1 Å². The van der Waals surface area contributed by atoms with Gasteiger partial charge >= 0.3 is 0 Å². The predicted octanol–water partition coefficient (Wildman–Crippen LogP) is 1.57. The van der Waals surface area contributed by atoms with Crippen LogP contribution in [0.1, 0.15) is 0 Å². The maximum atomic E-state index is 9.96. The molecule has 6 nitrogen and oxygen atoms in total. The standard InChI is InChI=1S/C16H21N5O/c1-19(2)15-7-8-17-16(18-15)21-11-9-20(10-12-21)13-5-3-4-6-14(13)22/h3-8,22H,9-12H2,1-2H3. The fourth-order valence-corrected chi connectivity index (χ4v) is 2.62. The lowest BCUT2D eigenvalue weighted by Gasteiger charge is -2.36. The maximum absolute atomic E-state index is 9.96. The van der Waals surface area contributed by atoms with E-state index in [0.717, 1.165) is 43.6 Å². The van der Waals surface area contributed by atoms with E-state index in [-0.39, 0.29) is 0 Å². The molecule has 1 fully saturated rings. The lowest BCUT2D eigenvalue weighted by Crippen LogP contribution is -2.47. The average Bonchev–Trinajstić information content (AvgIpc) is 2.56. The fraction of sp³-hybridized carbons (Fsp3) is 0.375. The summed E-state index contributed by atoms with van der Waals surface area (Å²) in [7, 11) is 3.95. The number of nitrogens with zero attached hydrogens (tertiary/aromatic N) is 5. The van der Waals surface area contributed by atoms with Crippen molar-refractivity contribution >= 4 is 17.5 Å². The zero-order chi connectivity index (χ0) is 15.5. The molecule has 0 unspecified atom stereocenters. The van der Waals surface area contributed by atoms with Crippen molar-refractivity contribution in [2.24, 2.45) is 0 Å². The third kappa shape index (κ3) is 2.90. The van der Waals surface area contributed by atoms with Gasteiger partial charge < -0.3 is 19.8 Å². The van der Waals surface area contributed by atoms with Crippen molar-refractivity contribution in [1.82, 2.24) is 9.97 Å². The summed E-state index contributed by atoms with van der Waals surface area (Å²) in [5.74, 6) is 2.01. The van der Waals surface area contributed by atoms with Gasteiger partial charge in [0.05, 0.1) is 5.69 Å². The second-order valence-corrected chi connectivity index (χ2v) is 5.57. The summed E-state index contributed by atoms with van der Waals surface area (Å²) < 4.78 is 0. The Bertz CT molecular complexity index is 638. The quantitative estimate of drug-likeness (QED) is 0.928. The number of hydrogen-bond donors (Lipinski definition) is 1. The molecular formula is C16H21N5O. The van der Waals surface area contributed by atoms with E-state index in [4.69, 9.17) is 0 Å². The number of para-hydroxylation sites is 2. The number of piperazine rings is 1. The number of hydrogen-bond acceptors (Lipinski definition) is 6. The van der Waals surface area contributed by atoms with Gasteiger partial charge in [0.25, 0.3) is 0 Å². The number of phenols is 1. The molecule has 116 valence electrons. The first-order chi connectivity index (χ1) is 10.6. The van der Waals surface area contributed by atoms with Crippen LogP contribution in [0, 0.1) is 0 Å². The van der Waals surface area contributed by atoms with Crippen LogP contribution in [-0.2, 0) is 0 Å². The van der Waals surface area contributed by atoms with Crippen LogP contribution in [0.4, 0.5) is 17.5 Å². The van der Waals surface area contributed by atoms with Gasteiger partial charge in [0.15, 0.2) is 0 Å². The van der Waals surface area contributed by atoms with Crippen molar-refractivity contribution in [1.29, 1.82) is 0 Å². The first-order valence-corrected chi connectivity index (χ1v) is 7.43. The van der Waals surface area contributed by atoms with Gasteiger partial charge in [-0.25, -0.2) is 4.98 Å². The number of benzene rings is 1. The third-order valence-electron chi connectivity index (χ3n) is 3.87. The molecular weight excluding hydrogens is 278 g/mol. The van der Waals surface area contributed by atoms with E-state index in [1.54, 1.807) is 12.3 Å². The molecule has 1 aliphatic heterocycles. The molecule has 0 atom stereocenters. The van der Waals surface area contributed by atoms with E-state index in [1.807, 2.05) is 43.3 Å². The summed E-state index contributed by atoms with van der Waals surface area (Å²) in [5.41, 5.74) is 0.894. The van der Waals surface area contributed by atoms with E-state index in [2.05, 4.69) is 19.8 Å². The molecule has 0 radical (unpaired) electrons. The zero-order valence-electron chi connectivity index (χ0n) is 13.0. The molecule has 1 aromatic carbocycles. The van der Waals surface area contributed by atoms with Crippen LogP contribution in [0.2, 0.25) is 0 Å². The summed E-state index contributed by atoms with van der Waals surface area (Å²) in [5, 5.41) is 9.96. The summed E-state index contributed by atoms with van der Waals surface area (Å²) in [4.78, 5) is 15.3. The van der Waals surface area contributed by atoms with Crippen molar-refractivity contribution in [3.8, 4) is 5.75 Å². The topological polar surface area (TPSA) is 55.7 Å².